The van der Waals surface area contributed by atoms with Gasteiger partial charge in [-0.15, -0.1) is 0 Å². The fraction of sp³-hybridized carbons (Fsp3) is 0.167. The molecule has 0 amide bonds. The third kappa shape index (κ3) is 2.11. The average molecular weight is 218 g/mol. The Bertz CT molecular complexity index is 456. The second-order valence-corrected chi connectivity index (χ2v) is 3.38. The van der Waals surface area contributed by atoms with Crippen LogP contribution in [-0.4, -0.2) is 19.0 Å². The lowest BCUT2D eigenvalue weighted by Gasteiger charge is -1.99. The Labute approximate surface area is 92.5 Å². The van der Waals surface area contributed by atoms with Gasteiger partial charge < -0.3 is 9.47 Å². The zero-order valence-electron chi connectivity index (χ0n) is 8.73. The highest BCUT2D eigenvalue weighted by molar-refractivity contribution is 6.08. The summed E-state index contributed by atoms with van der Waals surface area (Å²) in [5, 5.41) is 0. The predicted octanol–water partition coefficient (Wildman–Crippen LogP) is 1.55. The molecule has 1 saturated heterocycles. The molecular weight excluding hydrogens is 208 g/mol. The normalized spacial score (nSPS) is 17.7. The molecule has 0 bridgehead atoms. The molecule has 4 nitrogen and oxygen atoms in total. The van der Waals surface area contributed by atoms with Gasteiger partial charge in [-0.3, -0.25) is 4.79 Å². The van der Waals surface area contributed by atoms with Crippen LogP contribution in [0.3, 0.4) is 0 Å². The summed E-state index contributed by atoms with van der Waals surface area (Å²) < 4.78 is 9.43. The third-order valence-electron chi connectivity index (χ3n) is 2.26. The number of cyclic esters (lactones) is 2. The summed E-state index contributed by atoms with van der Waals surface area (Å²) in [5.74, 6) is -0.308. The maximum atomic E-state index is 11.2. The molecule has 1 aromatic rings. The summed E-state index contributed by atoms with van der Waals surface area (Å²) >= 11 is 0. The van der Waals surface area contributed by atoms with Crippen molar-refractivity contribution in [3.8, 4) is 5.75 Å². The number of hydrogen-bond acceptors (Lipinski definition) is 4. The zero-order chi connectivity index (χ0) is 11.5. The Kier molecular flexibility index (Phi) is 2.72. The van der Waals surface area contributed by atoms with Crippen LogP contribution in [0.1, 0.15) is 12.0 Å². The van der Waals surface area contributed by atoms with E-state index in [4.69, 9.17) is 4.74 Å². The molecular formula is C12H10O4. The molecule has 0 saturated carbocycles. The van der Waals surface area contributed by atoms with Crippen molar-refractivity contribution in [3.63, 3.8) is 0 Å². The number of esters is 2. The minimum atomic E-state index is -0.555. The fourth-order valence-corrected chi connectivity index (χ4v) is 1.44. The van der Waals surface area contributed by atoms with Gasteiger partial charge in [0.2, 0.25) is 0 Å². The third-order valence-corrected chi connectivity index (χ3v) is 2.26. The van der Waals surface area contributed by atoms with Crippen molar-refractivity contribution in [2.45, 2.75) is 6.42 Å². The molecule has 1 fully saturated rings. The second-order valence-electron chi connectivity index (χ2n) is 3.38. The van der Waals surface area contributed by atoms with Gasteiger partial charge in [-0.25, -0.2) is 4.79 Å². The maximum absolute atomic E-state index is 11.2. The molecule has 0 aliphatic carbocycles. The molecule has 0 radical (unpaired) electrons. The van der Waals surface area contributed by atoms with E-state index >= 15 is 0 Å². The van der Waals surface area contributed by atoms with Gasteiger partial charge in [0.25, 0.3) is 0 Å². The van der Waals surface area contributed by atoms with E-state index < -0.39 is 11.9 Å². The number of ether oxygens (including phenoxy) is 2. The number of carbonyl (C=O) groups is 2. The van der Waals surface area contributed by atoms with E-state index in [9.17, 15) is 9.59 Å². The first kappa shape index (κ1) is 10.4. The van der Waals surface area contributed by atoms with Gasteiger partial charge >= 0.3 is 11.9 Å². The summed E-state index contributed by atoms with van der Waals surface area (Å²) in [5.41, 5.74) is 1.22. The van der Waals surface area contributed by atoms with Gasteiger partial charge in [-0.05, 0) is 23.8 Å². The van der Waals surface area contributed by atoms with Crippen LogP contribution in [0.4, 0.5) is 0 Å². The molecule has 1 heterocycles. The van der Waals surface area contributed by atoms with Crippen molar-refractivity contribution in [1.82, 2.24) is 0 Å². The van der Waals surface area contributed by atoms with Crippen LogP contribution < -0.4 is 4.74 Å². The van der Waals surface area contributed by atoms with Gasteiger partial charge in [-0.1, -0.05) is 12.1 Å². The fourth-order valence-electron chi connectivity index (χ4n) is 1.44. The van der Waals surface area contributed by atoms with Gasteiger partial charge in [0.05, 0.1) is 13.5 Å². The summed E-state index contributed by atoms with van der Waals surface area (Å²) in [6, 6.07) is 7.19. The van der Waals surface area contributed by atoms with Crippen LogP contribution in [0, 0.1) is 0 Å². The molecule has 0 atom stereocenters. The van der Waals surface area contributed by atoms with Crippen LogP contribution in [0.5, 0.6) is 5.75 Å². The first-order chi connectivity index (χ1) is 7.69. The molecule has 16 heavy (non-hydrogen) atoms. The first-order valence-corrected chi connectivity index (χ1v) is 4.78. The molecule has 1 aromatic carbocycles. The highest BCUT2D eigenvalue weighted by atomic mass is 16.6. The van der Waals surface area contributed by atoms with Crippen molar-refractivity contribution in [2.24, 2.45) is 0 Å². The van der Waals surface area contributed by atoms with Gasteiger partial charge in [0.15, 0.2) is 0 Å². The van der Waals surface area contributed by atoms with E-state index in [1.807, 2.05) is 12.1 Å². The van der Waals surface area contributed by atoms with E-state index in [-0.39, 0.29) is 6.42 Å². The molecule has 0 aromatic heterocycles. The summed E-state index contributed by atoms with van der Waals surface area (Å²) in [7, 11) is 1.58. The lowest BCUT2D eigenvalue weighted by molar-refractivity contribution is -0.151. The minimum Gasteiger partial charge on any atom is -0.497 e. The van der Waals surface area contributed by atoms with Crippen molar-refractivity contribution in [3.05, 3.63) is 35.4 Å². The molecule has 82 valence electrons. The van der Waals surface area contributed by atoms with Crippen molar-refractivity contribution < 1.29 is 19.1 Å². The lowest BCUT2D eigenvalue weighted by Crippen LogP contribution is -1.96. The molecule has 2 rings (SSSR count). The lowest BCUT2D eigenvalue weighted by atomic mass is 10.1. The summed E-state index contributed by atoms with van der Waals surface area (Å²) in [4.78, 5) is 22.0. The minimum absolute atomic E-state index is 0.0465. The summed E-state index contributed by atoms with van der Waals surface area (Å²) in [6.45, 7) is 0. The largest absolute Gasteiger partial charge is 0.497 e. The average Bonchev–Trinajstić information content (AvgIpc) is 2.59. The van der Waals surface area contributed by atoms with Crippen LogP contribution in [0.2, 0.25) is 0 Å². The smallest absolute Gasteiger partial charge is 0.342 e. The second kappa shape index (κ2) is 4.18. The molecule has 1 aliphatic rings. The molecule has 1 aliphatic heterocycles. The Balaban J connectivity index is 2.22. The van der Waals surface area contributed by atoms with E-state index in [1.54, 1.807) is 25.3 Å². The van der Waals surface area contributed by atoms with E-state index in [2.05, 4.69) is 4.74 Å². The van der Waals surface area contributed by atoms with Crippen molar-refractivity contribution in [2.75, 3.05) is 7.11 Å². The zero-order valence-corrected chi connectivity index (χ0v) is 8.73. The monoisotopic (exact) mass is 218 g/mol. The van der Waals surface area contributed by atoms with Crippen LogP contribution in [-0.2, 0) is 14.3 Å². The topological polar surface area (TPSA) is 52.6 Å². The summed E-state index contributed by atoms with van der Waals surface area (Å²) in [6.07, 6.45) is 1.69. The molecule has 4 heteroatoms. The van der Waals surface area contributed by atoms with E-state index in [0.717, 1.165) is 11.3 Å². The van der Waals surface area contributed by atoms with Crippen LogP contribution >= 0.6 is 0 Å². The maximum Gasteiger partial charge on any atom is 0.342 e. The van der Waals surface area contributed by atoms with Crippen LogP contribution in [0.25, 0.3) is 6.08 Å². The van der Waals surface area contributed by atoms with Gasteiger partial charge in [-0.2, -0.15) is 0 Å². The van der Waals surface area contributed by atoms with Crippen molar-refractivity contribution in [1.29, 1.82) is 0 Å². The Morgan fingerprint density at radius 2 is 1.94 bits per heavy atom. The van der Waals surface area contributed by atoms with Gasteiger partial charge in [0, 0.05) is 5.57 Å². The molecule has 0 spiro atoms. The highest BCUT2D eigenvalue weighted by Gasteiger charge is 2.26. The number of methoxy groups -OCH3 is 1. The highest BCUT2D eigenvalue weighted by Crippen LogP contribution is 2.19. The van der Waals surface area contributed by atoms with E-state index in [1.165, 1.54) is 0 Å². The Morgan fingerprint density at radius 3 is 2.44 bits per heavy atom. The SMILES string of the molecule is COc1ccc(/C=C2\CC(=O)OC2=O)cc1. The van der Waals surface area contributed by atoms with Crippen molar-refractivity contribution >= 4 is 18.0 Å². The number of rotatable bonds is 2. The molecule has 0 unspecified atom stereocenters. The predicted molar refractivity (Wildman–Crippen MR) is 56.7 cm³/mol. The number of carbonyl (C=O) groups excluding carboxylic acids is 2. The Morgan fingerprint density at radius 1 is 1.25 bits per heavy atom. The first-order valence-electron chi connectivity index (χ1n) is 4.78. The molecule has 0 N–H and O–H groups in total. The standard InChI is InChI=1S/C12H10O4/c1-15-10-4-2-8(3-5-10)6-9-7-11(13)16-12(9)14/h2-6H,7H2,1H3/b9-6+. The quantitative estimate of drug-likeness (QED) is 0.429. The number of hydrogen-bond donors (Lipinski definition) is 0. The number of benzene rings is 1. The Hall–Kier alpha value is -2.10. The van der Waals surface area contributed by atoms with Crippen LogP contribution in [0.15, 0.2) is 29.8 Å². The van der Waals surface area contributed by atoms with E-state index in [0.29, 0.717) is 5.57 Å². The van der Waals surface area contributed by atoms with Gasteiger partial charge in [0.1, 0.15) is 5.75 Å².